The summed E-state index contributed by atoms with van der Waals surface area (Å²) < 4.78 is 4.71. The summed E-state index contributed by atoms with van der Waals surface area (Å²) >= 11 is 0. The van der Waals surface area contributed by atoms with Gasteiger partial charge in [0.25, 0.3) is 0 Å². The van der Waals surface area contributed by atoms with E-state index in [1.165, 1.54) is 19.4 Å². The number of hydrogen-bond acceptors (Lipinski definition) is 7. The van der Waals surface area contributed by atoms with E-state index < -0.39 is 10.7 Å². The minimum absolute atomic E-state index is 0.192. The third-order valence-corrected chi connectivity index (χ3v) is 4.09. The van der Waals surface area contributed by atoms with Crippen LogP contribution in [-0.4, -0.2) is 59.3 Å². The number of carbonyl (C=O) groups is 1. The van der Waals surface area contributed by atoms with E-state index in [1.54, 1.807) is 17.0 Å². The van der Waals surface area contributed by atoms with Crippen LogP contribution in [-0.2, 0) is 4.74 Å². The molecule has 1 fully saturated rings. The molecule has 24 heavy (non-hydrogen) atoms. The number of methoxy groups -OCH3 is 1. The van der Waals surface area contributed by atoms with E-state index in [9.17, 15) is 20.0 Å². The number of amides is 1. The highest BCUT2D eigenvalue weighted by molar-refractivity contribution is 5.97. The number of pyridine rings is 1. The van der Waals surface area contributed by atoms with Crippen LogP contribution >= 0.6 is 0 Å². The molecule has 0 saturated carbocycles. The molecule has 0 unspecified atom stereocenters. The largest absolute Gasteiger partial charge is 0.501 e. The molecule has 0 radical (unpaired) electrons. The summed E-state index contributed by atoms with van der Waals surface area (Å²) in [6.07, 6.45) is 1.15. The molecule has 1 aliphatic rings. The van der Waals surface area contributed by atoms with Crippen LogP contribution in [0.5, 0.6) is 5.75 Å². The van der Waals surface area contributed by atoms with E-state index in [0.717, 1.165) is 5.69 Å². The average Bonchev–Trinajstić information content (AvgIpc) is 2.61. The smallest absolute Gasteiger partial charge is 0.409 e. The summed E-state index contributed by atoms with van der Waals surface area (Å²) in [5.74, 6) is -0.437. The Morgan fingerprint density at radius 3 is 2.62 bits per heavy atom. The number of carbonyl (C=O) groups excluding carboxylic acids is 1. The van der Waals surface area contributed by atoms with Crippen molar-refractivity contribution >= 4 is 28.4 Å². The lowest BCUT2D eigenvalue weighted by atomic mass is 10.1. The van der Waals surface area contributed by atoms with Crippen LogP contribution in [0.15, 0.2) is 24.4 Å². The average molecular weight is 332 g/mol. The molecule has 1 amide bonds. The number of nitro groups is 1. The van der Waals surface area contributed by atoms with Gasteiger partial charge in [0.15, 0.2) is 0 Å². The summed E-state index contributed by atoms with van der Waals surface area (Å²) in [5.41, 5.74) is 0.634. The van der Waals surface area contributed by atoms with E-state index in [2.05, 4.69) is 9.88 Å². The number of fused-ring (bicyclic) bond motifs is 1. The topological polar surface area (TPSA) is 109 Å². The van der Waals surface area contributed by atoms with Crippen LogP contribution in [0.3, 0.4) is 0 Å². The van der Waals surface area contributed by atoms with Crippen molar-refractivity contribution in [2.45, 2.75) is 0 Å². The number of ether oxygens (including phenoxy) is 1. The fourth-order valence-corrected chi connectivity index (χ4v) is 2.86. The lowest BCUT2D eigenvalue weighted by Gasteiger charge is -2.35. The Morgan fingerprint density at radius 1 is 1.29 bits per heavy atom. The van der Waals surface area contributed by atoms with Crippen LogP contribution in [0.1, 0.15) is 0 Å². The molecular formula is C15H16N4O5. The van der Waals surface area contributed by atoms with Crippen LogP contribution in [0.25, 0.3) is 10.9 Å². The number of rotatable bonds is 2. The van der Waals surface area contributed by atoms with E-state index in [0.29, 0.717) is 31.6 Å². The van der Waals surface area contributed by atoms with Crippen molar-refractivity contribution in [1.29, 1.82) is 0 Å². The van der Waals surface area contributed by atoms with Gasteiger partial charge in [-0.05, 0) is 12.1 Å². The molecular weight excluding hydrogens is 316 g/mol. The third-order valence-electron chi connectivity index (χ3n) is 4.09. The molecule has 0 spiro atoms. The van der Waals surface area contributed by atoms with Gasteiger partial charge in [-0.3, -0.25) is 15.1 Å². The van der Waals surface area contributed by atoms with Crippen LogP contribution in [0, 0.1) is 10.1 Å². The van der Waals surface area contributed by atoms with Gasteiger partial charge in [0.1, 0.15) is 5.52 Å². The maximum Gasteiger partial charge on any atom is 0.409 e. The quantitative estimate of drug-likeness (QED) is 0.659. The molecule has 3 rings (SSSR count). The zero-order valence-corrected chi connectivity index (χ0v) is 13.0. The minimum Gasteiger partial charge on any atom is -0.501 e. The number of nitro benzene ring substituents is 1. The first kappa shape index (κ1) is 15.8. The van der Waals surface area contributed by atoms with Crippen molar-refractivity contribution in [3.05, 3.63) is 34.5 Å². The molecule has 1 aromatic carbocycles. The van der Waals surface area contributed by atoms with E-state index in [1.807, 2.05) is 0 Å². The van der Waals surface area contributed by atoms with Crippen molar-refractivity contribution in [2.24, 2.45) is 0 Å². The molecule has 2 aromatic rings. The number of phenolic OH excluding ortho intramolecular Hbond substituents is 1. The van der Waals surface area contributed by atoms with Crippen LogP contribution in [0.2, 0.25) is 0 Å². The zero-order valence-electron chi connectivity index (χ0n) is 13.0. The maximum atomic E-state index is 11.5. The second kappa shape index (κ2) is 6.19. The Labute approximate surface area is 137 Å². The molecule has 1 aliphatic heterocycles. The molecule has 0 bridgehead atoms. The number of phenols is 1. The number of aromatic hydroxyl groups is 1. The molecule has 1 aromatic heterocycles. The second-order valence-electron chi connectivity index (χ2n) is 5.36. The monoisotopic (exact) mass is 332 g/mol. The van der Waals surface area contributed by atoms with Gasteiger partial charge in [-0.15, -0.1) is 0 Å². The van der Waals surface area contributed by atoms with E-state index >= 15 is 0 Å². The Morgan fingerprint density at radius 2 is 2.00 bits per heavy atom. The van der Waals surface area contributed by atoms with Gasteiger partial charge in [0.2, 0.25) is 5.75 Å². The van der Waals surface area contributed by atoms with Gasteiger partial charge < -0.3 is 19.6 Å². The minimum atomic E-state index is -0.641. The highest BCUT2D eigenvalue weighted by atomic mass is 16.6. The summed E-state index contributed by atoms with van der Waals surface area (Å²) in [5, 5.41) is 21.7. The molecule has 1 saturated heterocycles. The van der Waals surface area contributed by atoms with Crippen molar-refractivity contribution in [1.82, 2.24) is 9.88 Å². The van der Waals surface area contributed by atoms with Gasteiger partial charge in [-0.25, -0.2) is 4.79 Å². The molecule has 9 nitrogen and oxygen atoms in total. The molecule has 0 aliphatic carbocycles. The predicted octanol–water partition coefficient (Wildman–Crippen LogP) is 1.74. The van der Waals surface area contributed by atoms with Gasteiger partial charge in [0, 0.05) is 49.5 Å². The zero-order chi connectivity index (χ0) is 17.3. The first-order valence-corrected chi connectivity index (χ1v) is 7.36. The molecule has 2 heterocycles. The van der Waals surface area contributed by atoms with Crippen LogP contribution in [0.4, 0.5) is 16.2 Å². The predicted molar refractivity (Wildman–Crippen MR) is 86.3 cm³/mol. The second-order valence-corrected chi connectivity index (χ2v) is 5.36. The Bertz CT molecular complexity index is 802. The van der Waals surface area contributed by atoms with Crippen molar-refractivity contribution in [3.63, 3.8) is 0 Å². The summed E-state index contributed by atoms with van der Waals surface area (Å²) in [4.78, 5) is 29.6. The Hall–Kier alpha value is -3.10. The van der Waals surface area contributed by atoms with E-state index in [4.69, 9.17) is 4.74 Å². The SMILES string of the molecule is COC(=O)N1CCN(c2ccnc3c(O)c([N+](=O)[O-])ccc23)CC1. The summed E-state index contributed by atoms with van der Waals surface area (Å²) in [6.45, 7) is 2.20. The standard InChI is InChI=1S/C15H16N4O5/c1-24-15(21)18-8-6-17(7-9-18)11-4-5-16-13-10(11)2-3-12(14(13)20)19(22)23/h2-5,20H,6-9H2,1H3. The number of piperazine rings is 1. The molecule has 1 N–H and O–H groups in total. The van der Waals surface area contributed by atoms with Crippen LogP contribution < -0.4 is 4.90 Å². The van der Waals surface area contributed by atoms with Gasteiger partial charge >= 0.3 is 11.8 Å². The van der Waals surface area contributed by atoms with Gasteiger partial charge in [-0.1, -0.05) is 0 Å². The molecule has 9 heteroatoms. The lowest BCUT2D eigenvalue weighted by Crippen LogP contribution is -2.48. The number of nitrogens with zero attached hydrogens (tertiary/aromatic N) is 4. The van der Waals surface area contributed by atoms with Gasteiger partial charge in [-0.2, -0.15) is 0 Å². The highest BCUT2D eigenvalue weighted by Crippen LogP contribution is 2.37. The highest BCUT2D eigenvalue weighted by Gasteiger charge is 2.24. The van der Waals surface area contributed by atoms with Crippen molar-refractivity contribution < 1.29 is 19.6 Å². The Balaban J connectivity index is 1.93. The fraction of sp³-hybridized carbons (Fsp3) is 0.333. The summed E-state index contributed by atoms with van der Waals surface area (Å²) in [6, 6.07) is 4.65. The number of anilines is 1. The number of aromatic nitrogens is 1. The maximum absolute atomic E-state index is 11.5. The fourth-order valence-electron chi connectivity index (χ4n) is 2.86. The first-order valence-electron chi connectivity index (χ1n) is 7.36. The Kier molecular flexibility index (Phi) is 4.07. The number of hydrogen-bond donors (Lipinski definition) is 1. The van der Waals surface area contributed by atoms with Crippen molar-refractivity contribution in [2.75, 3.05) is 38.2 Å². The molecule has 0 atom stereocenters. The normalized spacial score (nSPS) is 14.7. The summed E-state index contributed by atoms with van der Waals surface area (Å²) in [7, 11) is 1.35. The lowest BCUT2D eigenvalue weighted by molar-refractivity contribution is -0.385. The van der Waals surface area contributed by atoms with Gasteiger partial charge in [0.05, 0.1) is 12.0 Å². The number of benzene rings is 1. The third kappa shape index (κ3) is 2.64. The van der Waals surface area contributed by atoms with E-state index in [-0.39, 0.29) is 17.3 Å². The first-order chi connectivity index (χ1) is 11.5. The molecule has 126 valence electrons. The van der Waals surface area contributed by atoms with Crippen molar-refractivity contribution in [3.8, 4) is 5.75 Å².